The molecule has 1 atom stereocenters. The molecule has 0 amide bonds. The summed E-state index contributed by atoms with van der Waals surface area (Å²) in [6.07, 6.45) is 2.05. The molecule has 3 rings (SSSR count). The average Bonchev–Trinajstić information content (AvgIpc) is 2.94. The Morgan fingerprint density at radius 1 is 1.14 bits per heavy atom. The molecule has 0 aliphatic heterocycles. The Kier molecular flexibility index (Phi) is 3.45. The standard InChI is InChI=1S/C18H24N2S/c1-12(2)15-11-21-16(20-15)18(19)10-9-17(3,4)13-7-5-6-8-14(13)18/h5-8,11-12H,9-10,19H2,1-4H3. The molecule has 1 aromatic heterocycles. The van der Waals surface area contributed by atoms with E-state index in [4.69, 9.17) is 10.7 Å². The van der Waals surface area contributed by atoms with Crippen molar-refractivity contribution in [3.8, 4) is 0 Å². The highest BCUT2D eigenvalue weighted by atomic mass is 32.1. The van der Waals surface area contributed by atoms with Gasteiger partial charge in [-0.2, -0.15) is 0 Å². The van der Waals surface area contributed by atoms with Crippen LogP contribution in [-0.2, 0) is 11.0 Å². The first-order valence-corrected chi connectivity index (χ1v) is 8.57. The molecule has 1 aromatic carbocycles. The number of hydrogen-bond acceptors (Lipinski definition) is 3. The van der Waals surface area contributed by atoms with Gasteiger partial charge in [0.1, 0.15) is 5.01 Å². The monoisotopic (exact) mass is 300 g/mol. The highest BCUT2D eigenvalue weighted by Crippen LogP contribution is 2.47. The predicted octanol–water partition coefficient (Wildman–Crippen LogP) is 4.54. The second kappa shape index (κ2) is 4.92. The molecule has 1 aliphatic rings. The Labute approximate surface area is 131 Å². The summed E-state index contributed by atoms with van der Waals surface area (Å²) in [7, 11) is 0. The number of hydrogen-bond donors (Lipinski definition) is 1. The third-order valence-electron chi connectivity index (χ3n) is 4.78. The first-order valence-electron chi connectivity index (χ1n) is 7.69. The summed E-state index contributed by atoms with van der Waals surface area (Å²) in [5.41, 5.74) is 10.4. The van der Waals surface area contributed by atoms with Crippen molar-refractivity contribution in [1.29, 1.82) is 0 Å². The van der Waals surface area contributed by atoms with E-state index >= 15 is 0 Å². The third kappa shape index (κ3) is 2.33. The molecule has 2 nitrogen and oxygen atoms in total. The van der Waals surface area contributed by atoms with Gasteiger partial charge in [-0.3, -0.25) is 0 Å². The van der Waals surface area contributed by atoms with Crippen LogP contribution in [0.1, 0.15) is 68.3 Å². The lowest BCUT2D eigenvalue weighted by atomic mass is 9.66. The van der Waals surface area contributed by atoms with E-state index in [2.05, 4.69) is 57.3 Å². The number of fused-ring (bicyclic) bond motifs is 1. The van der Waals surface area contributed by atoms with E-state index in [-0.39, 0.29) is 5.41 Å². The molecule has 3 heteroatoms. The maximum absolute atomic E-state index is 6.87. The fraction of sp³-hybridized carbons (Fsp3) is 0.500. The fourth-order valence-electron chi connectivity index (χ4n) is 3.22. The first-order chi connectivity index (χ1) is 9.84. The second-order valence-corrected chi connectivity index (χ2v) is 7.99. The number of thiazole rings is 1. The molecule has 1 unspecified atom stereocenters. The van der Waals surface area contributed by atoms with Crippen molar-refractivity contribution >= 4 is 11.3 Å². The molecule has 0 saturated carbocycles. The van der Waals surface area contributed by atoms with Gasteiger partial charge in [0, 0.05) is 5.38 Å². The zero-order chi connectivity index (χ0) is 15.3. The topological polar surface area (TPSA) is 38.9 Å². The molecule has 2 aromatic rings. The number of nitrogens with two attached hydrogens (primary N) is 1. The highest BCUT2D eigenvalue weighted by molar-refractivity contribution is 7.09. The van der Waals surface area contributed by atoms with Crippen LogP contribution < -0.4 is 5.73 Å². The predicted molar refractivity (Wildman–Crippen MR) is 89.9 cm³/mol. The van der Waals surface area contributed by atoms with E-state index in [0.717, 1.165) is 23.5 Å². The summed E-state index contributed by atoms with van der Waals surface area (Å²) in [6.45, 7) is 8.99. The minimum atomic E-state index is -0.427. The van der Waals surface area contributed by atoms with Crippen molar-refractivity contribution in [2.45, 2.75) is 57.4 Å². The van der Waals surface area contributed by atoms with Crippen LogP contribution in [0, 0.1) is 0 Å². The number of benzene rings is 1. The van der Waals surface area contributed by atoms with E-state index in [9.17, 15) is 0 Å². The van der Waals surface area contributed by atoms with Crippen molar-refractivity contribution in [2.75, 3.05) is 0 Å². The van der Waals surface area contributed by atoms with Crippen LogP contribution in [0.3, 0.4) is 0 Å². The molecular formula is C18H24N2S. The van der Waals surface area contributed by atoms with Gasteiger partial charge in [0.15, 0.2) is 0 Å². The Morgan fingerprint density at radius 2 is 1.81 bits per heavy atom. The van der Waals surface area contributed by atoms with Gasteiger partial charge in [0.25, 0.3) is 0 Å². The molecule has 1 aliphatic carbocycles. The van der Waals surface area contributed by atoms with Crippen LogP contribution in [0.5, 0.6) is 0 Å². The summed E-state index contributed by atoms with van der Waals surface area (Å²) in [5, 5.41) is 3.23. The summed E-state index contributed by atoms with van der Waals surface area (Å²) in [5.74, 6) is 0.453. The highest BCUT2D eigenvalue weighted by Gasteiger charge is 2.42. The molecule has 1 heterocycles. The van der Waals surface area contributed by atoms with E-state index in [1.807, 2.05) is 0 Å². The molecule has 0 radical (unpaired) electrons. The largest absolute Gasteiger partial charge is 0.316 e. The molecule has 0 fully saturated rings. The summed E-state index contributed by atoms with van der Waals surface area (Å²) < 4.78 is 0. The van der Waals surface area contributed by atoms with E-state index in [1.54, 1.807) is 11.3 Å². The zero-order valence-electron chi connectivity index (χ0n) is 13.3. The third-order valence-corrected chi connectivity index (χ3v) is 5.81. The minimum absolute atomic E-state index is 0.192. The maximum atomic E-state index is 6.87. The Balaban J connectivity index is 2.13. The SMILES string of the molecule is CC(C)c1csc(C2(N)CCC(C)(C)c3ccccc32)n1. The maximum Gasteiger partial charge on any atom is 0.117 e. The minimum Gasteiger partial charge on any atom is -0.316 e. The first kappa shape index (κ1) is 14.7. The normalized spacial score (nSPS) is 24.1. The van der Waals surface area contributed by atoms with Crippen LogP contribution in [0.2, 0.25) is 0 Å². The van der Waals surface area contributed by atoms with Crippen LogP contribution in [0.15, 0.2) is 29.6 Å². The Morgan fingerprint density at radius 3 is 2.43 bits per heavy atom. The van der Waals surface area contributed by atoms with E-state index in [0.29, 0.717) is 5.92 Å². The Hall–Kier alpha value is -1.19. The smallest absolute Gasteiger partial charge is 0.117 e. The number of nitrogens with zero attached hydrogens (tertiary/aromatic N) is 1. The summed E-state index contributed by atoms with van der Waals surface area (Å²) in [4.78, 5) is 4.85. The Bertz CT molecular complexity index is 657. The van der Waals surface area contributed by atoms with Gasteiger partial charge in [-0.25, -0.2) is 4.98 Å². The van der Waals surface area contributed by atoms with Gasteiger partial charge in [-0.15, -0.1) is 11.3 Å². The van der Waals surface area contributed by atoms with Gasteiger partial charge in [-0.05, 0) is 35.3 Å². The van der Waals surface area contributed by atoms with Crippen LogP contribution in [0.4, 0.5) is 0 Å². The molecule has 0 saturated heterocycles. The van der Waals surface area contributed by atoms with Crippen molar-refractivity contribution in [3.63, 3.8) is 0 Å². The summed E-state index contributed by atoms with van der Waals surface area (Å²) >= 11 is 1.71. The van der Waals surface area contributed by atoms with Gasteiger partial charge < -0.3 is 5.73 Å². The quantitative estimate of drug-likeness (QED) is 0.884. The van der Waals surface area contributed by atoms with Gasteiger partial charge >= 0.3 is 0 Å². The zero-order valence-corrected chi connectivity index (χ0v) is 14.1. The number of aromatic nitrogens is 1. The van der Waals surface area contributed by atoms with Crippen molar-refractivity contribution in [1.82, 2.24) is 4.98 Å². The molecule has 21 heavy (non-hydrogen) atoms. The lowest BCUT2D eigenvalue weighted by Gasteiger charge is -2.42. The molecule has 0 bridgehead atoms. The molecule has 112 valence electrons. The van der Waals surface area contributed by atoms with Crippen molar-refractivity contribution < 1.29 is 0 Å². The van der Waals surface area contributed by atoms with Crippen molar-refractivity contribution in [2.24, 2.45) is 5.73 Å². The average molecular weight is 300 g/mol. The fourth-order valence-corrected chi connectivity index (χ4v) is 4.36. The van der Waals surface area contributed by atoms with E-state index in [1.165, 1.54) is 11.1 Å². The van der Waals surface area contributed by atoms with Crippen molar-refractivity contribution in [3.05, 3.63) is 51.5 Å². The molecular weight excluding hydrogens is 276 g/mol. The van der Waals surface area contributed by atoms with E-state index < -0.39 is 5.54 Å². The van der Waals surface area contributed by atoms with Gasteiger partial charge in [0.2, 0.25) is 0 Å². The van der Waals surface area contributed by atoms with Crippen LogP contribution >= 0.6 is 11.3 Å². The lowest BCUT2D eigenvalue weighted by Crippen LogP contribution is -2.45. The molecule has 0 spiro atoms. The van der Waals surface area contributed by atoms with Crippen LogP contribution in [0.25, 0.3) is 0 Å². The lowest BCUT2D eigenvalue weighted by molar-refractivity contribution is 0.337. The number of rotatable bonds is 2. The molecule has 2 N–H and O–H groups in total. The van der Waals surface area contributed by atoms with Gasteiger partial charge in [0.05, 0.1) is 11.2 Å². The second-order valence-electron chi connectivity index (χ2n) is 7.13. The van der Waals surface area contributed by atoms with Crippen LogP contribution in [-0.4, -0.2) is 4.98 Å². The van der Waals surface area contributed by atoms with Gasteiger partial charge in [-0.1, -0.05) is 52.0 Å². The summed E-state index contributed by atoms with van der Waals surface area (Å²) in [6, 6.07) is 8.63.